The van der Waals surface area contributed by atoms with Crippen LogP contribution in [0.15, 0.2) is 41.1 Å². The van der Waals surface area contributed by atoms with E-state index in [4.69, 9.17) is 20.1 Å². The van der Waals surface area contributed by atoms with E-state index in [1.807, 2.05) is 18.2 Å². The molecule has 0 spiro atoms. The Kier molecular flexibility index (Phi) is 5.75. The predicted octanol–water partition coefficient (Wildman–Crippen LogP) is 1.79. The lowest BCUT2D eigenvalue weighted by Crippen LogP contribution is -2.35. The summed E-state index contributed by atoms with van der Waals surface area (Å²) in [7, 11) is 0. The van der Waals surface area contributed by atoms with Crippen molar-refractivity contribution < 1.29 is 14.4 Å². The van der Waals surface area contributed by atoms with Gasteiger partial charge in [-0.15, -0.1) is 0 Å². The van der Waals surface area contributed by atoms with E-state index < -0.39 is 5.60 Å². The van der Waals surface area contributed by atoms with Crippen molar-refractivity contribution >= 4 is 16.9 Å². The van der Waals surface area contributed by atoms with Gasteiger partial charge in [-0.25, -0.2) is 9.67 Å². The zero-order valence-electron chi connectivity index (χ0n) is 19.0. The molecule has 1 aliphatic rings. The molecule has 5 rings (SSSR count). The Bertz CT molecular complexity index is 1390. The molecule has 1 aliphatic heterocycles. The standard InChI is InChI=1S/C24H25N7O3/c1-16-13-21(29-34-16)24(2,32)7-5-17-3-4-18-19(15-30-9-11-33-12-10-30)28-31(20(18)14-17)22-6-8-26-23(25)27-22/h3-4,6,8,13-14,32H,9-12,15H2,1-2H3,(H2,25,26,27). The smallest absolute Gasteiger partial charge is 0.221 e. The fourth-order valence-corrected chi connectivity index (χ4v) is 3.86. The fourth-order valence-electron chi connectivity index (χ4n) is 3.86. The Morgan fingerprint density at radius 3 is 2.76 bits per heavy atom. The summed E-state index contributed by atoms with van der Waals surface area (Å²) in [6.45, 7) is 7.19. The zero-order valence-corrected chi connectivity index (χ0v) is 19.0. The lowest BCUT2D eigenvalue weighted by Gasteiger charge is -2.25. The molecule has 0 saturated carbocycles. The number of nitrogens with zero attached hydrogens (tertiary/aromatic N) is 6. The van der Waals surface area contributed by atoms with Crippen LogP contribution < -0.4 is 5.73 Å². The Labute approximate surface area is 196 Å². The summed E-state index contributed by atoms with van der Waals surface area (Å²) in [5, 5.41) is 20.5. The molecule has 0 radical (unpaired) electrons. The van der Waals surface area contributed by atoms with E-state index >= 15 is 0 Å². The summed E-state index contributed by atoms with van der Waals surface area (Å²) in [6, 6.07) is 9.28. The number of hydrogen-bond acceptors (Lipinski definition) is 9. The van der Waals surface area contributed by atoms with Gasteiger partial charge in [0.2, 0.25) is 5.95 Å². The van der Waals surface area contributed by atoms with Crippen LogP contribution in [0.5, 0.6) is 0 Å². The maximum Gasteiger partial charge on any atom is 0.221 e. The van der Waals surface area contributed by atoms with Crippen molar-refractivity contribution in [3.63, 3.8) is 0 Å². The molecule has 4 heterocycles. The molecule has 0 bridgehead atoms. The highest BCUT2D eigenvalue weighted by molar-refractivity contribution is 5.84. The highest BCUT2D eigenvalue weighted by atomic mass is 16.5. The number of rotatable bonds is 4. The van der Waals surface area contributed by atoms with Crippen LogP contribution >= 0.6 is 0 Å². The van der Waals surface area contributed by atoms with E-state index in [0.29, 0.717) is 42.6 Å². The van der Waals surface area contributed by atoms with Gasteiger partial charge in [0.05, 0.1) is 24.4 Å². The minimum Gasteiger partial charge on any atom is -0.379 e. The second-order valence-corrected chi connectivity index (χ2v) is 8.40. The predicted molar refractivity (Wildman–Crippen MR) is 125 cm³/mol. The Hall–Kier alpha value is -3.78. The first kappa shape index (κ1) is 22.0. The third kappa shape index (κ3) is 4.49. The first-order valence-electron chi connectivity index (χ1n) is 11.0. The van der Waals surface area contributed by atoms with Crippen molar-refractivity contribution in [1.82, 2.24) is 29.8 Å². The number of aliphatic hydroxyl groups is 1. The van der Waals surface area contributed by atoms with Crippen molar-refractivity contribution in [2.45, 2.75) is 26.0 Å². The average Bonchev–Trinajstić information content (AvgIpc) is 3.43. The molecule has 1 unspecified atom stereocenters. The highest BCUT2D eigenvalue weighted by Gasteiger charge is 2.24. The van der Waals surface area contributed by atoms with Crippen molar-refractivity contribution in [2.75, 3.05) is 32.0 Å². The van der Waals surface area contributed by atoms with Crippen LogP contribution in [0.4, 0.5) is 5.95 Å². The molecule has 1 atom stereocenters. The minimum atomic E-state index is -1.45. The molecule has 1 aromatic carbocycles. The summed E-state index contributed by atoms with van der Waals surface area (Å²) in [5.41, 5.74) is 7.23. The van der Waals surface area contributed by atoms with Crippen LogP contribution in [0.1, 0.15) is 29.6 Å². The first-order valence-corrected chi connectivity index (χ1v) is 11.0. The van der Waals surface area contributed by atoms with Crippen LogP contribution in [0.2, 0.25) is 0 Å². The van der Waals surface area contributed by atoms with E-state index in [1.54, 1.807) is 36.9 Å². The summed E-state index contributed by atoms with van der Waals surface area (Å²) in [5.74, 6) is 7.31. The number of ether oxygens (including phenoxy) is 1. The van der Waals surface area contributed by atoms with Gasteiger partial charge < -0.3 is 20.1 Å². The Morgan fingerprint density at radius 2 is 2.03 bits per heavy atom. The molecule has 10 nitrogen and oxygen atoms in total. The third-order valence-electron chi connectivity index (χ3n) is 5.69. The number of nitrogens with two attached hydrogens (primary N) is 1. The van der Waals surface area contributed by atoms with Gasteiger partial charge in [0, 0.05) is 48.9 Å². The van der Waals surface area contributed by atoms with Crippen molar-refractivity contribution in [2.24, 2.45) is 0 Å². The molecule has 1 saturated heterocycles. The second kappa shape index (κ2) is 8.87. The van der Waals surface area contributed by atoms with E-state index in [9.17, 15) is 5.11 Å². The number of morpholine rings is 1. The van der Waals surface area contributed by atoms with E-state index in [0.717, 1.165) is 29.7 Å². The number of anilines is 1. The van der Waals surface area contributed by atoms with Gasteiger partial charge >= 0.3 is 0 Å². The molecular weight excluding hydrogens is 434 g/mol. The fraction of sp³-hybridized carbons (Fsp3) is 0.333. The van der Waals surface area contributed by atoms with E-state index in [1.165, 1.54) is 0 Å². The summed E-state index contributed by atoms with van der Waals surface area (Å²) in [4.78, 5) is 10.7. The first-order chi connectivity index (χ1) is 16.4. The highest BCUT2D eigenvalue weighted by Crippen LogP contribution is 2.25. The maximum absolute atomic E-state index is 10.8. The molecule has 10 heteroatoms. The van der Waals surface area contributed by atoms with E-state index in [-0.39, 0.29) is 5.95 Å². The van der Waals surface area contributed by atoms with Crippen molar-refractivity contribution in [1.29, 1.82) is 0 Å². The number of aryl methyl sites for hydroxylation is 1. The number of fused-ring (bicyclic) bond motifs is 1. The van der Waals surface area contributed by atoms with Crippen LogP contribution in [-0.4, -0.2) is 61.2 Å². The van der Waals surface area contributed by atoms with Crippen LogP contribution in [-0.2, 0) is 16.9 Å². The lowest BCUT2D eigenvalue weighted by atomic mass is 10.0. The SMILES string of the molecule is Cc1cc(C(C)(O)C#Cc2ccc3c(CN4CCOCC4)nn(-c4ccnc(N)n4)c3c2)no1. The van der Waals surface area contributed by atoms with Gasteiger partial charge in [0.1, 0.15) is 11.5 Å². The maximum atomic E-state index is 10.8. The van der Waals surface area contributed by atoms with Crippen LogP contribution in [0.25, 0.3) is 16.7 Å². The molecule has 174 valence electrons. The molecule has 4 aromatic rings. The van der Waals surface area contributed by atoms with Gasteiger partial charge in [-0.3, -0.25) is 4.90 Å². The minimum absolute atomic E-state index is 0.172. The second-order valence-electron chi connectivity index (χ2n) is 8.40. The van der Waals surface area contributed by atoms with E-state index in [2.05, 4.69) is 31.9 Å². The van der Waals surface area contributed by atoms with Gasteiger partial charge in [-0.05, 0) is 32.0 Å². The van der Waals surface area contributed by atoms with Gasteiger partial charge in [0.25, 0.3) is 0 Å². The quantitative estimate of drug-likeness (QED) is 0.439. The molecule has 1 fully saturated rings. The Morgan fingerprint density at radius 1 is 1.21 bits per heavy atom. The topological polar surface area (TPSA) is 128 Å². The van der Waals surface area contributed by atoms with Gasteiger partial charge in [-0.1, -0.05) is 17.0 Å². The molecule has 0 aliphatic carbocycles. The molecular formula is C24H25N7O3. The van der Waals surface area contributed by atoms with Crippen molar-refractivity contribution in [3.8, 4) is 17.7 Å². The molecule has 0 amide bonds. The molecule has 34 heavy (non-hydrogen) atoms. The summed E-state index contributed by atoms with van der Waals surface area (Å²) < 4.78 is 12.3. The monoisotopic (exact) mass is 459 g/mol. The molecule has 3 N–H and O–H groups in total. The van der Waals surface area contributed by atoms with Gasteiger partial charge in [0.15, 0.2) is 11.4 Å². The number of nitrogen functional groups attached to an aromatic ring is 1. The number of hydrogen-bond donors (Lipinski definition) is 2. The number of aromatic nitrogens is 5. The Balaban J connectivity index is 1.55. The van der Waals surface area contributed by atoms with Crippen LogP contribution in [0, 0.1) is 18.8 Å². The normalized spacial score (nSPS) is 16.2. The average molecular weight is 460 g/mol. The lowest BCUT2D eigenvalue weighted by molar-refractivity contribution is 0.0338. The largest absolute Gasteiger partial charge is 0.379 e. The van der Waals surface area contributed by atoms with Crippen molar-refractivity contribution in [3.05, 3.63) is 59.2 Å². The summed E-state index contributed by atoms with van der Waals surface area (Å²) >= 11 is 0. The van der Waals surface area contributed by atoms with Crippen LogP contribution in [0.3, 0.4) is 0 Å². The zero-order chi connectivity index (χ0) is 23.7. The number of benzene rings is 1. The summed E-state index contributed by atoms with van der Waals surface area (Å²) in [6.07, 6.45) is 1.60. The third-order valence-corrected chi connectivity index (χ3v) is 5.69. The van der Waals surface area contributed by atoms with Gasteiger partial charge in [-0.2, -0.15) is 10.1 Å². The molecule has 3 aromatic heterocycles.